The second kappa shape index (κ2) is 7.34. The van der Waals surface area contributed by atoms with Crippen molar-refractivity contribution in [1.29, 1.82) is 0 Å². The van der Waals surface area contributed by atoms with Crippen molar-refractivity contribution in [1.82, 2.24) is 10.2 Å². The molecule has 2 atom stereocenters. The Balaban J connectivity index is 1.59. The number of benzene rings is 1. The van der Waals surface area contributed by atoms with Gasteiger partial charge in [0.25, 0.3) is 0 Å². The van der Waals surface area contributed by atoms with Crippen molar-refractivity contribution in [3.8, 4) is 0 Å². The molecule has 0 bridgehead atoms. The smallest absolute Gasteiger partial charge is 0.407 e. The van der Waals surface area contributed by atoms with Gasteiger partial charge in [-0.15, -0.1) is 0 Å². The predicted molar refractivity (Wildman–Crippen MR) is 102 cm³/mol. The average molecular weight is 385 g/mol. The molecule has 138 valence electrons. The van der Waals surface area contributed by atoms with Crippen molar-refractivity contribution in [2.45, 2.75) is 64.1 Å². The molecule has 2 aliphatic rings. The summed E-state index contributed by atoms with van der Waals surface area (Å²) in [4.78, 5) is 14.5. The Morgan fingerprint density at radius 2 is 2.04 bits per heavy atom. The maximum atomic E-state index is 12.0. The molecule has 1 amide bonds. The summed E-state index contributed by atoms with van der Waals surface area (Å²) < 4.78 is 5.38. The highest BCUT2D eigenvalue weighted by Crippen LogP contribution is 2.34. The third-order valence-electron chi connectivity index (χ3n) is 4.84. The highest BCUT2D eigenvalue weighted by molar-refractivity contribution is 6.35. The number of nitrogens with zero attached hydrogens (tertiary/aromatic N) is 1. The fraction of sp³-hybridized carbons (Fsp3) is 0.632. The van der Waals surface area contributed by atoms with Crippen molar-refractivity contribution < 1.29 is 9.53 Å². The van der Waals surface area contributed by atoms with Crippen molar-refractivity contribution >= 4 is 29.3 Å². The minimum Gasteiger partial charge on any atom is -0.444 e. The SMILES string of the molecule is CC(C)(C)OC(=O)N[C@@H]1CCCN([C@@H]2Cc3cc(Cl)cc(Cl)c3C2)C1. The molecule has 1 fully saturated rings. The van der Waals surface area contributed by atoms with Crippen LogP contribution in [-0.4, -0.2) is 41.8 Å². The van der Waals surface area contributed by atoms with Crippen molar-refractivity contribution in [3.05, 3.63) is 33.3 Å². The van der Waals surface area contributed by atoms with E-state index >= 15 is 0 Å². The lowest BCUT2D eigenvalue weighted by Crippen LogP contribution is -2.52. The minimum atomic E-state index is -0.471. The van der Waals surface area contributed by atoms with Crippen LogP contribution in [0.15, 0.2) is 12.1 Å². The summed E-state index contributed by atoms with van der Waals surface area (Å²) in [5.41, 5.74) is 2.00. The van der Waals surface area contributed by atoms with Gasteiger partial charge in [-0.25, -0.2) is 4.79 Å². The molecule has 25 heavy (non-hydrogen) atoms. The van der Waals surface area contributed by atoms with Crippen LogP contribution in [0.25, 0.3) is 0 Å². The summed E-state index contributed by atoms with van der Waals surface area (Å²) in [6, 6.07) is 4.41. The molecule has 1 aliphatic carbocycles. The highest BCUT2D eigenvalue weighted by Gasteiger charge is 2.32. The van der Waals surface area contributed by atoms with Crippen LogP contribution in [0.1, 0.15) is 44.7 Å². The number of alkyl carbamates (subject to hydrolysis) is 1. The summed E-state index contributed by atoms with van der Waals surface area (Å²) >= 11 is 12.5. The van der Waals surface area contributed by atoms with Crippen LogP contribution in [0.4, 0.5) is 4.79 Å². The van der Waals surface area contributed by atoms with Crippen molar-refractivity contribution in [2.24, 2.45) is 0 Å². The molecule has 6 heteroatoms. The van der Waals surface area contributed by atoms with Crippen LogP contribution in [0, 0.1) is 0 Å². The molecule has 0 radical (unpaired) electrons. The summed E-state index contributed by atoms with van der Waals surface area (Å²) in [5, 5.41) is 4.49. The van der Waals surface area contributed by atoms with Crippen molar-refractivity contribution in [3.63, 3.8) is 0 Å². The van der Waals surface area contributed by atoms with E-state index in [1.54, 1.807) is 0 Å². The molecule has 3 rings (SSSR count). The number of carbonyl (C=O) groups is 1. The molecule has 1 saturated heterocycles. The second-order valence-corrected chi connectivity index (χ2v) is 8.91. The molecule has 1 N–H and O–H groups in total. The Morgan fingerprint density at radius 3 is 2.76 bits per heavy atom. The molecule has 0 saturated carbocycles. The average Bonchev–Trinajstić information content (AvgIpc) is 2.89. The van der Waals surface area contributed by atoms with Crippen LogP contribution in [0.2, 0.25) is 10.0 Å². The van der Waals surface area contributed by atoms with Gasteiger partial charge in [-0.2, -0.15) is 0 Å². The number of nitrogens with one attached hydrogen (secondary N) is 1. The van der Waals surface area contributed by atoms with Gasteiger partial charge in [0.15, 0.2) is 0 Å². The summed E-state index contributed by atoms with van der Waals surface area (Å²) in [5.74, 6) is 0. The number of carbonyl (C=O) groups excluding carboxylic acids is 1. The van der Waals surface area contributed by atoms with Gasteiger partial charge in [0.2, 0.25) is 0 Å². The number of piperidine rings is 1. The number of rotatable bonds is 2. The van der Waals surface area contributed by atoms with E-state index in [1.165, 1.54) is 11.1 Å². The number of halogens is 2. The normalized spacial score (nSPS) is 24.0. The zero-order valence-corrected chi connectivity index (χ0v) is 16.6. The van der Waals surface area contributed by atoms with E-state index in [4.69, 9.17) is 27.9 Å². The first-order valence-electron chi connectivity index (χ1n) is 8.91. The van der Waals surface area contributed by atoms with Crippen LogP contribution in [-0.2, 0) is 17.6 Å². The molecular formula is C19H26Cl2N2O2. The summed E-state index contributed by atoms with van der Waals surface area (Å²) in [7, 11) is 0. The monoisotopic (exact) mass is 384 g/mol. The molecule has 1 aromatic carbocycles. The van der Waals surface area contributed by atoms with E-state index in [-0.39, 0.29) is 12.1 Å². The highest BCUT2D eigenvalue weighted by atomic mass is 35.5. The first kappa shape index (κ1) is 18.8. The largest absolute Gasteiger partial charge is 0.444 e. The summed E-state index contributed by atoms with van der Waals surface area (Å²) in [6.07, 6.45) is 3.65. The predicted octanol–water partition coefficient (Wildman–Crippen LogP) is 4.45. The lowest BCUT2D eigenvalue weighted by Gasteiger charge is -2.37. The lowest BCUT2D eigenvalue weighted by atomic mass is 10.0. The molecular weight excluding hydrogens is 359 g/mol. The maximum Gasteiger partial charge on any atom is 0.407 e. The fourth-order valence-electron chi connectivity index (χ4n) is 3.82. The van der Waals surface area contributed by atoms with Crippen LogP contribution in [0.3, 0.4) is 0 Å². The Morgan fingerprint density at radius 1 is 1.28 bits per heavy atom. The van der Waals surface area contributed by atoms with Gasteiger partial charge in [0.1, 0.15) is 5.60 Å². The number of amides is 1. The van der Waals surface area contributed by atoms with Gasteiger partial charge in [-0.1, -0.05) is 23.2 Å². The van der Waals surface area contributed by atoms with Crippen molar-refractivity contribution in [2.75, 3.05) is 13.1 Å². The third-order valence-corrected chi connectivity index (χ3v) is 5.39. The lowest BCUT2D eigenvalue weighted by molar-refractivity contribution is 0.0456. The maximum absolute atomic E-state index is 12.0. The molecule has 4 nitrogen and oxygen atoms in total. The van der Waals surface area contributed by atoms with Gasteiger partial charge < -0.3 is 10.1 Å². The third kappa shape index (κ3) is 4.81. The first-order valence-corrected chi connectivity index (χ1v) is 9.67. The van der Waals surface area contributed by atoms with Crippen LogP contribution >= 0.6 is 23.2 Å². The summed E-state index contributed by atoms with van der Waals surface area (Å²) in [6.45, 7) is 7.54. The van der Waals surface area contributed by atoms with Gasteiger partial charge in [-0.05, 0) is 76.3 Å². The molecule has 1 aliphatic heterocycles. The van der Waals surface area contributed by atoms with E-state index in [2.05, 4.69) is 10.2 Å². The number of hydrogen-bond acceptors (Lipinski definition) is 3. The van der Waals surface area contributed by atoms with Gasteiger partial charge in [0, 0.05) is 28.7 Å². The quantitative estimate of drug-likeness (QED) is 0.818. The molecule has 0 spiro atoms. The molecule has 0 unspecified atom stereocenters. The second-order valence-electron chi connectivity index (χ2n) is 8.07. The van der Waals surface area contributed by atoms with E-state index in [0.29, 0.717) is 11.1 Å². The Labute approximate surface area is 159 Å². The molecule has 1 heterocycles. The molecule has 1 aromatic rings. The number of ether oxygens (including phenoxy) is 1. The zero-order chi connectivity index (χ0) is 18.2. The van der Waals surface area contributed by atoms with Gasteiger partial charge in [-0.3, -0.25) is 4.90 Å². The Kier molecular flexibility index (Phi) is 5.52. The van der Waals surface area contributed by atoms with E-state index < -0.39 is 5.60 Å². The van der Waals surface area contributed by atoms with Gasteiger partial charge in [0.05, 0.1) is 0 Å². The fourth-order valence-corrected chi connectivity index (χ4v) is 4.43. The van der Waals surface area contributed by atoms with E-state index in [9.17, 15) is 4.79 Å². The Bertz CT molecular complexity index is 658. The number of hydrogen-bond donors (Lipinski definition) is 1. The van der Waals surface area contributed by atoms with E-state index in [0.717, 1.165) is 43.8 Å². The first-order chi connectivity index (χ1) is 11.7. The topological polar surface area (TPSA) is 41.6 Å². The van der Waals surface area contributed by atoms with Crippen LogP contribution in [0.5, 0.6) is 0 Å². The van der Waals surface area contributed by atoms with E-state index in [1.807, 2.05) is 32.9 Å². The number of fused-ring (bicyclic) bond motifs is 1. The zero-order valence-electron chi connectivity index (χ0n) is 15.1. The number of likely N-dealkylation sites (tertiary alicyclic amines) is 1. The minimum absolute atomic E-state index is 0.131. The molecule has 0 aromatic heterocycles. The van der Waals surface area contributed by atoms with Gasteiger partial charge >= 0.3 is 6.09 Å². The standard InChI is InChI=1S/C19H26Cl2N2O2/c1-19(2,3)25-18(24)22-14-5-4-6-23(11-14)15-8-12-7-13(20)9-17(21)16(12)10-15/h7,9,14-15H,4-6,8,10-11H2,1-3H3,(H,22,24)/t14-,15-/m1/s1. The van der Waals surface area contributed by atoms with Crippen LogP contribution < -0.4 is 5.32 Å². The Hall–Kier alpha value is -0.970.